The van der Waals surface area contributed by atoms with E-state index in [4.69, 9.17) is 16.7 Å². The average molecular weight is 323 g/mol. The zero-order valence-electron chi connectivity index (χ0n) is 11.8. The Balaban J connectivity index is 1.94. The van der Waals surface area contributed by atoms with Crippen molar-refractivity contribution in [2.24, 2.45) is 0 Å². The molecule has 3 N–H and O–H groups in total. The lowest BCUT2D eigenvalue weighted by molar-refractivity contribution is -0.117. The van der Waals surface area contributed by atoms with Crippen molar-refractivity contribution in [3.05, 3.63) is 46.7 Å². The van der Waals surface area contributed by atoms with Crippen molar-refractivity contribution in [1.29, 1.82) is 0 Å². The van der Waals surface area contributed by atoms with Crippen molar-refractivity contribution in [3.8, 4) is 0 Å². The van der Waals surface area contributed by atoms with E-state index in [9.17, 15) is 9.59 Å². The zero-order chi connectivity index (χ0) is 16.1. The number of aromatic carboxylic acids is 1. The second-order valence-corrected chi connectivity index (χ2v) is 5.21. The van der Waals surface area contributed by atoms with E-state index in [1.165, 1.54) is 12.1 Å². The van der Waals surface area contributed by atoms with E-state index in [2.05, 4.69) is 15.5 Å². The Morgan fingerprint density at radius 3 is 2.82 bits per heavy atom. The van der Waals surface area contributed by atoms with E-state index in [1.807, 2.05) is 6.07 Å². The van der Waals surface area contributed by atoms with E-state index in [-0.39, 0.29) is 23.0 Å². The summed E-state index contributed by atoms with van der Waals surface area (Å²) in [7, 11) is 1.80. The van der Waals surface area contributed by atoms with Crippen LogP contribution in [0.25, 0.3) is 0 Å². The number of benzene rings is 1. The molecule has 0 spiro atoms. The quantitative estimate of drug-likeness (QED) is 0.753. The average Bonchev–Trinajstić information content (AvgIpc) is 2.93. The number of carboxylic acid groups (broad SMARTS) is 1. The number of carbonyl (C=O) groups is 2. The van der Waals surface area contributed by atoms with Gasteiger partial charge in [0.05, 0.1) is 17.1 Å². The first kappa shape index (κ1) is 16.0. The molecule has 7 nitrogen and oxygen atoms in total. The Kier molecular flexibility index (Phi) is 5.13. The fourth-order valence-electron chi connectivity index (χ4n) is 1.93. The summed E-state index contributed by atoms with van der Waals surface area (Å²) in [4.78, 5) is 24.8. The van der Waals surface area contributed by atoms with Gasteiger partial charge in [-0.1, -0.05) is 11.6 Å². The van der Waals surface area contributed by atoms with Crippen molar-refractivity contribution in [2.45, 2.75) is 6.54 Å². The Labute approximate surface area is 131 Å². The van der Waals surface area contributed by atoms with Gasteiger partial charge in [0, 0.05) is 24.1 Å². The van der Waals surface area contributed by atoms with Crippen LogP contribution in [0.3, 0.4) is 0 Å². The highest BCUT2D eigenvalue weighted by molar-refractivity contribution is 6.33. The lowest BCUT2D eigenvalue weighted by Gasteiger charge is -2.15. The topological polar surface area (TPSA) is 98.3 Å². The number of anilines is 1. The molecule has 2 aromatic rings. The van der Waals surface area contributed by atoms with Crippen molar-refractivity contribution in [2.75, 3.05) is 18.9 Å². The number of H-pyrrole nitrogens is 1. The minimum absolute atomic E-state index is 0.0507. The van der Waals surface area contributed by atoms with Gasteiger partial charge in [-0.15, -0.1) is 0 Å². The predicted molar refractivity (Wildman–Crippen MR) is 82.0 cm³/mol. The van der Waals surface area contributed by atoms with Gasteiger partial charge in [-0.05, 0) is 31.3 Å². The van der Waals surface area contributed by atoms with Crippen LogP contribution in [0.4, 0.5) is 5.69 Å². The summed E-state index contributed by atoms with van der Waals surface area (Å²) in [5.74, 6) is -1.39. The number of hydrogen-bond donors (Lipinski definition) is 3. The molecule has 0 aliphatic heterocycles. The highest BCUT2D eigenvalue weighted by Gasteiger charge is 2.12. The normalized spacial score (nSPS) is 10.7. The van der Waals surface area contributed by atoms with Crippen LogP contribution < -0.4 is 5.32 Å². The van der Waals surface area contributed by atoms with Crippen LogP contribution in [0.5, 0.6) is 0 Å². The lowest BCUT2D eigenvalue weighted by atomic mass is 10.2. The van der Waals surface area contributed by atoms with E-state index < -0.39 is 5.97 Å². The maximum atomic E-state index is 12.0. The van der Waals surface area contributed by atoms with Crippen LogP contribution in [0.1, 0.15) is 16.1 Å². The number of aromatic amines is 1. The summed E-state index contributed by atoms with van der Waals surface area (Å²) >= 11 is 5.78. The van der Waals surface area contributed by atoms with E-state index in [0.717, 1.165) is 5.69 Å². The summed E-state index contributed by atoms with van der Waals surface area (Å²) in [5, 5.41) is 18.4. The molecule has 0 saturated carbocycles. The van der Waals surface area contributed by atoms with Crippen LogP contribution in [-0.4, -0.2) is 45.7 Å². The molecule has 22 heavy (non-hydrogen) atoms. The summed E-state index contributed by atoms with van der Waals surface area (Å²) in [6.45, 7) is 0.707. The molecule has 116 valence electrons. The van der Waals surface area contributed by atoms with Crippen LogP contribution in [0.15, 0.2) is 30.5 Å². The first-order valence-corrected chi connectivity index (χ1v) is 6.83. The van der Waals surface area contributed by atoms with E-state index >= 15 is 0 Å². The van der Waals surface area contributed by atoms with Gasteiger partial charge in [-0.25, -0.2) is 4.79 Å². The molecular weight excluding hydrogens is 308 g/mol. The highest BCUT2D eigenvalue weighted by Crippen LogP contribution is 2.20. The number of amides is 1. The summed E-state index contributed by atoms with van der Waals surface area (Å²) in [6.07, 6.45) is 1.64. The Morgan fingerprint density at radius 1 is 1.41 bits per heavy atom. The van der Waals surface area contributed by atoms with E-state index in [1.54, 1.807) is 24.2 Å². The lowest BCUT2D eigenvalue weighted by Crippen LogP contribution is -2.30. The largest absolute Gasteiger partial charge is 0.478 e. The zero-order valence-corrected chi connectivity index (χ0v) is 12.6. The molecule has 0 aliphatic carbocycles. The second kappa shape index (κ2) is 7.06. The minimum Gasteiger partial charge on any atom is -0.478 e. The molecule has 8 heteroatoms. The number of nitrogens with one attached hydrogen (secondary N) is 2. The summed E-state index contributed by atoms with van der Waals surface area (Å²) < 4.78 is 0. The molecule has 0 fully saturated rings. The molecular formula is C14H15ClN4O3. The fourth-order valence-corrected chi connectivity index (χ4v) is 2.13. The molecule has 1 aromatic carbocycles. The Morgan fingerprint density at radius 2 is 2.18 bits per heavy atom. The number of hydrogen-bond acceptors (Lipinski definition) is 4. The van der Waals surface area contributed by atoms with E-state index in [0.29, 0.717) is 12.2 Å². The molecule has 0 aliphatic rings. The van der Waals surface area contributed by atoms with Crippen LogP contribution in [0.2, 0.25) is 5.02 Å². The van der Waals surface area contributed by atoms with Gasteiger partial charge in [0.2, 0.25) is 5.91 Å². The highest BCUT2D eigenvalue weighted by atomic mass is 35.5. The maximum absolute atomic E-state index is 12.0. The third kappa shape index (κ3) is 4.31. The number of carbonyl (C=O) groups excluding carboxylic acids is 1. The van der Waals surface area contributed by atoms with Crippen molar-refractivity contribution in [1.82, 2.24) is 15.1 Å². The maximum Gasteiger partial charge on any atom is 0.337 e. The van der Waals surface area contributed by atoms with Crippen molar-refractivity contribution in [3.63, 3.8) is 0 Å². The molecule has 1 amide bonds. The molecule has 0 atom stereocenters. The molecule has 0 unspecified atom stereocenters. The number of halogens is 1. The van der Waals surface area contributed by atoms with Gasteiger partial charge < -0.3 is 10.4 Å². The summed E-state index contributed by atoms with van der Waals surface area (Å²) in [6, 6.07) is 6.15. The number of carboxylic acids is 1. The first-order valence-electron chi connectivity index (χ1n) is 6.45. The first-order chi connectivity index (χ1) is 10.5. The van der Waals surface area contributed by atoms with Crippen molar-refractivity contribution < 1.29 is 14.7 Å². The number of nitrogens with zero attached hydrogens (tertiary/aromatic N) is 2. The SMILES string of the molecule is CN(CC(=O)Nc1ccc(Cl)c(C(=O)O)c1)Cc1ccn[nH]1. The smallest absolute Gasteiger partial charge is 0.337 e. The molecule has 1 aromatic heterocycles. The Bertz CT molecular complexity index is 673. The standard InChI is InChI=1S/C14H15ClN4O3/c1-19(7-10-4-5-16-18-10)8-13(20)17-9-2-3-12(15)11(6-9)14(21)22/h2-6H,7-8H2,1H3,(H,16,18)(H,17,20)(H,21,22). The number of aromatic nitrogens is 2. The van der Waals surface area contributed by atoms with Gasteiger partial charge in [-0.3, -0.25) is 14.8 Å². The third-order valence-corrected chi connectivity index (χ3v) is 3.22. The number of rotatable bonds is 6. The molecule has 1 heterocycles. The predicted octanol–water partition coefficient (Wildman–Crippen LogP) is 1.83. The molecule has 0 radical (unpaired) electrons. The van der Waals surface area contributed by atoms with Gasteiger partial charge in [0.15, 0.2) is 0 Å². The summed E-state index contributed by atoms with van der Waals surface area (Å²) in [5.41, 5.74) is 1.24. The monoisotopic (exact) mass is 322 g/mol. The minimum atomic E-state index is -1.14. The fraction of sp³-hybridized carbons (Fsp3) is 0.214. The molecule has 0 saturated heterocycles. The van der Waals surface area contributed by atoms with Gasteiger partial charge in [0.25, 0.3) is 0 Å². The van der Waals surface area contributed by atoms with Gasteiger partial charge in [0.1, 0.15) is 0 Å². The van der Waals surface area contributed by atoms with Crippen LogP contribution in [-0.2, 0) is 11.3 Å². The second-order valence-electron chi connectivity index (χ2n) is 4.80. The Hall–Kier alpha value is -2.38. The van der Waals surface area contributed by atoms with Crippen LogP contribution in [0, 0.1) is 0 Å². The third-order valence-electron chi connectivity index (χ3n) is 2.89. The molecule has 0 bridgehead atoms. The number of likely N-dealkylation sites (N-methyl/N-ethyl adjacent to an activating group) is 1. The van der Waals surface area contributed by atoms with Crippen molar-refractivity contribution >= 4 is 29.2 Å². The van der Waals surface area contributed by atoms with Crippen LogP contribution >= 0.6 is 11.6 Å². The van der Waals surface area contributed by atoms with Gasteiger partial charge in [-0.2, -0.15) is 5.10 Å². The van der Waals surface area contributed by atoms with Gasteiger partial charge >= 0.3 is 5.97 Å². The molecule has 2 rings (SSSR count).